The molecule has 17 atom stereocenters. The Balaban J connectivity index is 1.09. The third-order valence-electron chi connectivity index (χ3n) is 17.2. The molecule has 3 saturated carbocycles. The predicted molar refractivity (Wildman–Crippen MR) is 259 cm³/mol. The number of allylic oxidation sites excluding steroid dienone is 1. The summed E-state index contributed by atoms with van der Waals surface area (Å²) in [6.07, 6.45) is -6.70. The normalized spacial score (nSPS) is 37.7. The van der Waals surface area contributed by atoms with Gasteiger partial charge in [-0.3, -0.25) is 9.59 Å². The van der Waals surface area contributed by atoms with Gasteiger partial charge in [0.05, 0.1) is 38.1 Å². The lowest BCUT2D eigenvalue weighted by Crippen LogP contribution is -2.64. The molecule has 1 unspecified atom stereocenters. The van der Waals surface area contributed by atoms with Crippen LogP contribution in [0.5, 0.6) is 5.75 Å². The van der Waals surface area contributed by atoms with Crippen LogP contribution in [0.4, 0.5) is 4.79 Å². The zero-order valence-electron chi connectivity index (χ0n) is 42.6. The Labute approximate surface area is 422 Å². The number of benzene rings is 2. The van der Waals surface area contributed by atoms with Crippen LogP contribution in [-0.4, -0.2) is 132 Å². The standard InChI is InChI=1S/C55H75NO16/c1-30(2)13-20-41(59)31(3)55(64)44(26-40-38-19-16-35-25-36(58)21-23-53(35,5)39(38)22-24-54(40,55)6)69-50-47(68-32(4)57)45(42(60)28-66-50)71-51-48(70-49(62)34-14-17-37(65-7)18-15-34)46(43(61)29-67-51)72-52(63)56-27-33-11-9-8-10-12-33/h8-12,14-18,30-31,36,38-40,42-48,50-51,58,60-61,64H,13,19-29H2,1-7H3,(H,56,63)/t31-,36+,38-,39?,40+,42+,43-,44+,45+,46+,47-,48-,50+,51+,53+,54+,55-/m1/s1. The van der Waals surface area contributed by atoms with Crippen LogP contribution in [-0.2, 0) is 49.3 Å². The highest BCUT2D eigenvalue weighted by Crippen LogP contribution is 2.69. The molecule has 17 nitrogen and oxygen atoms in total. The molecule has 0 radical (unpaired) electrons. The molecule has 72 heavy (non-hydrogen) atoms. The summed E-state index contributed by atoms with van der Waals surface area (Å²) in [5.74, 6) is -1.55. The Hall–Kier alpha value is -4.46. The van der Waals surface area contributed by atoms with E-state index in [1.807, 2.05) is 18.2 Å². The van der Waals surface area contributed by atoms with E-state index in [1.165, 1.54) is 31.7 Å². The van der Waals surface area contributed by atoms with E-state index in [1.54, 1.807) is 31.2 Å². The van der Waals surface area contributed by atoms with Crippen LogP contribution in [0.2, 0.25) is 0 Å². The molecule has 396 valence electrons. The Bertz CT molecular complexity index is 2260. The molecule has 2 aliphatic heterocycles. The van der Waals surface area contributed by atoms with Gasteiger partial charge < -0.3 is 63.6 Å². The molecule has 8 rings (SSSR count). The van der Waals surface area contributed by atoms with Gasteiger partial charge in [0, 0.05) is 31.2 Å². The first-order chi connectivity index (χ1) is 34.3. The molecule has 0 aromatic heterocycles. The second-order valence-electron chi connectivity index (χ2n) is 21.9. The van der Waals surface area contributed by atoms with Crippen molar-refractivity contribution >= 4 is 23.8 Å². The van der Waals surface area contributed by atoms with Gasteiger partial charge in [0.2, 0.25) is 0 Å². The number of carbonyl (C=O) groups excluding carboxylic acids is 4. The van der Waals surface area contributed by atoms with E-state index in [0.29, 0.717) is 31.4 Å². The van der Waals surface area contributed by atoms with Gasteiger partial charge in [-0.15, -0.1) is 0 Å². The number of ketones is 1. The fraction of sp³-hybridized carbons (Fsp3) is 0.673. The predicted octanol–water partition coefficient (Wildman–Crippen LogP) is 5.96. The summed E-state index contributed by atoms with van der Waals surface area (Å²) in [7, 11) is 1.48. The summed E-state index contributed by atoms with van der Waals surface area (Å²) in [5.41, 5.74) is -0.461. The van der Waals surface area contributed by atoms with Crippen molar-refractivity contribution in [3.05, 3.63) is 77.4 Å². The summed E-state index contributed by atoms with van der Waals surface area (Å²) < 4.78 is 48.5. The summed E-state index contributed by atoms with van der Waals surface area (Å²) in [5, 5.41) is 49.9. The molecule has 0 bridgehead atoms. The van der Waals surface area contributed by atoms with Crippen molar-refractivity contribution in [2.75, 3.05) is 20.3 Å². The van der Waals surface area contributed by atoms with E-state index in [0.717, 1.165) is 31.2 Å². The first kappa shape index (κ1) is 53.8. The Morgan fingerprint density at radius 3 is 2.14 bits per heavy atom. The van der Waals surface area contributed by atoms with E-state index in [2.05, 4.69) is 39.1 Å². The maximum atomic E-state index is 14.3. The summed E-state index contributed by atoms with van der Waals surface area (Å²) >= 11 is 0. The van der Waals surface area contributed by atoms with Gasteiger partial charge in [-0.05, 0) is 110 Å². The molecule has 4 aliphatic carbocycles. The third-order valence-corrected chi connectivity index (χ3v) is 17.2. The van der Waals surface area contributed by atoms with Crippen LogP contribution in [0.25, 0.3) is 0 Å². The molecular weight excluding hydrogens is 931 g/mol. The van der Waals surface area contributed by atoms with E-state index >= 15 is 0 Å². The van der Waals surface area contributed by atoms with Crippen LogP contribution < -0.4 is 10.1 Å². The molecule has 2 aromatic carbocycles. The van der Waals surface area contributed by atoms with Gasteiger partial charge in [0.15, 0.2) is 30.9 Å². The number of rotatable bonds is 16. The highest BCUT2D eigenvalue weighted by molar-refractivity contribution is 5.89. The van der Waals surface area contributed by atoms with Crippen LogP contribution in [0, 0.1) is 40.4 Å². The average Bonchev–Trinajstić information content (AvgIpc) is 3.59. The van der Waals surface area contributed by atoms with Gasteiger partial charge >= 0.3 is 18.0 Å². The number of amides is 1. The Morgan fingerprint density at radius 1 is 0.806 bits per heavy atom. The highest BCUT2D eigenvalue weighted by atomic mass is 16.8. The molecule has 5 N–H and O–H groups in total. The molecule has 0 spiro atoms. The first-order valence-electron chi connectivity index (χ1n) is 25.8. The Morgan fingerprint density at radius 2 is 1.47 bits per heavy atom. The smallest absolute Gasteiger partial charge is 0.407 e. The minimum atomic E-state index is -1.71. The monoisotopic (exact) mass is 1010 g/mol. The van der Waals surface area contributed by atoms with Crippen molar-refractivity contribution in [3.8, 4) is 5.75 Å². The zero-order valence-corrected chi connectivity index (χ0v) is 42.6. The lowest BCUT2D eigenvalue weighted by atomic mass is 9.46. The van der Waals surface area contributed by atoms with Crippen molar-refractivity contribution < 1.29 is 77.5 Å². The minimum absolute atomic E-state index is 0.0807. The summed E-state index contributed by atoms with van der Waals surface area (Å²) in [6, 6.07) is 15.1. The second kappa shape index (κ2) is 22.2. The van der Waals surface area contributed by atoms with Crippen LogP contribution in [0.1, 0.15) is 115 Å². The molecule has 2 aromatic rings. The van der Waals surface area contributed by atoms with Gasteiger partial charge in [-0.1, -0.05) is 76.6 Å². The zero-order chi connectivity index (χ0) is 51.7. The van der Waals surface area contributed by atoms with Crippen LogP contribution in [0.3, 0.4) is 0 Å². The number of nitrogens with one attached hydrogen (secondary N) is 1. The Kier molecular flexibility index (Phi) is 16.6. The minimum Gasteiger partial charge on any atom is -0.497 e. The van der Waals surface area contributed by atoms with Gasteiger partial charge in [-0.2, -0.15) is 0 Å². The van der Waals surface area contributed by atoms with Crippen molar-refractivity contribution in [1.29, 1.82) is 0 Å². The van der Waals surface area contributed by atoms with Gasteiger partial charge in [-0.25, -0.2) is 9.59 Å². The number of methoxy groups -OCH3 is 1. The fourth-order valence-corrected chi connectivity index (χ4v) is 13.2. The summed E-state index contributed by atoms with van der Waals surface area (Å²) in [6.45, 7) is 10.7. The SMILES string of the molecule is COc1ccc(C(=O)O[C@H]2[C@H](O[C@@H]3[C@@H](OC(C)=O)[C@H](O[C@H]4C[C@H]5[C@@H]6CC=C7C[C@@H](O)CC[C@]7(C)C6CC[C@]5(C)[C@@]4(O)[C@H](C)C(=O)CCC(C)C)OC[C@@H]3O)OC[C@@H](O)[C@@H]2OC(=O)NCc2ccccc2)cc1. The van der Waals surface area contributed by atoms with E-state index in [-0.39, 0.29) is 59.5 Å². The van der Waals surface area contributed by atoms with E-state index in [4.69, 9.17) is 37.9 Å². The molecule has 2 saturated heterocycles. The quantitative estimate of drug-likeness (QED) is 0.0742. The number of aliphatic hydroxyl groups is 4. The fourth-order valence-electron chi connectivity index (χ4n) is 13.2. The van der Waals surface area contributed by atoms with Crippen LogP contribution >= 0.6 is 0 Å². The van der Waals surface area contributed by atoms with E-state index in [9.17, 15) is 39.6 Å². The van der Waals surface area contributed by atoms with Crippen molar-refractivity contribution in [2.45, 2.75) is 173 Å². The number of aliphatic hydroxyl groups excluding tert-OH is 3. The lowest BCUT2D eigenvalue weighted by Gasteiger charge is -2.59. The average molecular weight is 1010 g/mol. The number of esters is 2. The number of hydrogen-bond donors (Lipinski definition) is 5. The molecule has 2 heterocycles. The van der Waals surface area contributed by atoms with Gasteiger partial charge in [0.25, 0.3) is 0 Å². The second-order valence-corrected chi connectivity index (χ2v) is 21.9. The van der Waals surface area contributed by atoms with E-state index < -0.39 is 103 Å². The highest BCUT2D eigenvalue weighted by Gasteiger charge is 2.70. The maximum Gasteiger partial charge on any atom is 0.407 e. The van der Waals surface area contributed by atoms with Crippen LogP contribution in [0.15, 0.2) is 66.2 Å². The molecule has 1 amide bonds. The van der Waals surface area contributed by atoms with Crippen molar-refractivity contribution in [1.82, 2.24) is 5.32 Å². The molecular formula is C55H75NO16. The van der Waals surface area contributed by atoms with Crippen molar-refractivity contribution in [3.63, 3.8) is 0 Å². The van der Waals surface area contributed by atoms with Gasteiger partial charge in [0.1, 0.15) is 35.4 Å². The third kappa shape index (κ3) is 10.7. The number of ether oxygens (including phenoxy) is 8. The number of carbonyl (C=O) groups is 4. The number of fused-ring (bicyclic) bond motifs is 5. The lowest BCUT2D eigenvalue weighted by molar-refractivity contribution is -0.344. The maximum absolute atomic E-state index is 14.3. The molecule has 5 fully saturated rings. The number of alkyl carbamates (subject to hydrolysis) is 1. The molecule has 17 heteroatoms. The van der Waals surface area contributed by atoms with Crippen molar-refractivity contribution in [2.24, 2.45) is 40.4 Å². The first-order valence-corrected chi connectivity index (χ1v) is 25.8. The largest absolute Gasteiger partial charge is 0.497 e. The molecule has 6 aliphatic rings. The number of Topliss-reactive ketones (excluding diaryl/α,β-unsaturated/α-hetero) is 1. The topological polar surface area (TPSA) is 235 Å². The summed E-state index contributed by atoms with van der Waals surface area (Å²) in [4.78, 5) is 54.6. The number of hydrogen-bond acceptors (Lipinski definition) is 16.